The van der Waals surface area contributed by atoms with E-state index in [9.17, 15) is 4.79 Å². The zero-order chi connectivity index (χ0) is 19.6. The molecule has 2 heterocycles. The zero-order valence-corrected chi connectivity index (χ0v) is 20.2. The smallest absolute Gasteiger partial charge is 0.243 e. The molecule has 0 spiro atoms. The summed E-state index contributed by atoms with van der Waals surface area (Å²) in [4.78, 5) is 18.0. The standard InChI is InChI=1S/C20H38N4O3.HI/c1-5-15(6-2)18-12-16(9-11-27-18)23-20(22-14-19(25)24(3)4)21-13-17-8-7-10-26-17;/h15-18H,5-14H2,1-4H3,(H2,21,22,23);1H. The summed E-state index contributed by atoms with van der Waals surface area (Å²) in [5.41, 5.74) is 0. The van der Waals surface area contributed by atoms with E-state index in [2.05, 4.69) is 29.5 Å². The Morgan fingerprint density at radius 2 is 1.93 bits per heavy atom. The largest absolute Gasteiger partial charge is 0.378 e. The minimum Gasteiger partial charge on any atom is -0.378 e. The van der Waals surface area contributed by atoms with Gasteiger partial charge in [0.05, 0.1) is 12.2 Å². The van der Waals surface area contributed by atoms with Crippen LogP contribution in [0.2, 0.25) is 0 Å². The first-order valence-corrected chi connectivity index (χ1v) is 10.5. The van der Waals surface area contributed by atoms with E-state index in [0.29, 0.717) is 24.0 Å². The number of nitrogens with zero attached hydrogens (tertiary/aromatic N) is 2. The maximum Gasteiger partial charge on any atom is 0.243 e. The molecule has 0 radical (unpaired) electrons. The van der Waals surface area contributed by atoms with Crippen molar-refractivity contribution in [2.24, 2.45) is 10.9 Å². The second-order valence-electron chi connectivity index (χ2n) is 7.82. The molecular formula is C20H39IN4O3. The van der Waals surface area contributed by atoms with E-state index in [4.69, 9.17) is 9.47 Å². The van der Waals surface area contributed by atoms with E-state index in [0.717, 1.165) is 58.3 Å². The van der Waals surface area contributed by atoms with Crippen molar-refractivity contribution in [2.45, 2.75) is 70.6 Å². The first-order valence-electron chi connectivity index (χ1n) is 10.5. The monoisotopic (exact) mass is 510 g/mol. The number of carbonyl (C=O) groups excluding carboxylic acids is 1. The van der Waals surface area contributed by atoms with Crippen molar-refractivity contribution in [3.63, 3.8) is 0 Å². The van der Waals surface area contributed by atoms with Crippen molar-refractivity contribution < 1.29 is 14.3 Å². The Morgan fingerprint density at radius 3 is 2.54 bits per heavy atom. The summed E-state index contributed by atoms with van der Waals surface area (Å²) in [6.07, 6.45) is 6.94. The first kappa shape index (κ1) is 25.4. The van der Waals surface area contributed by atoms with Crippen LogP contribution in [0.1, 0.15) is 52.4 Å². The van der Waals surface area contributed by atoms with Crippen molar-refractivity contribution in [2.75, 3.05) is 40.4 Å². The number of rotatable bonds is 8. The third-order valence-electron chi connectivity index (χ3n) is 5.62. The maximum atomic E-state index is 11.9. The van der Waals surface area contributed by atoms with Gasteiger partial charge in [0.15, 0.2) is 5.96 Å². The normalized spacial score (nSPS) is 25.3. The fraction of sp³-hybridized carbons (Fsp3) is 0.900. The van der Waals surface area contributed by atoms with Gasteiger partial charge in [0, 0.05) is 39.9 Å². The number of carbonyl (C=O) groups is 1. The Bertz CT molecular complexity index is 480. The van der Waals surface area contributed by atoms with Gasteiger partial charge in [0.1, 0.15) is 6.54 Å². The SMILES string of the molecule is CCC(CC)C1CC(NC(=NCC(=O)N(C)C)NCC2CCCO2)CCO1.I. The molecule has 2 aliphatic rings. The van der Waals surface area contributed by atoms with Crippen molar-refractivity contribution in [3.05, 3.63) is 0 Å². The van der Waals surface area contributed by atoms with Crippen LogP contribution in [0.3, 0.4) is 0 Å². The van der Waals surface area contributed by atoms with Crippen LogP contribution in [0.25, 0.3) is 0 Å². The molecule has 2 aliphatic heterocycles. The van der Waals surface area contributed by atoms with E-state index in [1.165, 1.54) is 0 Å². The average molecular weight is 510 g/mol. The predicted octanol–water partition coefficient (Wildman–Crippen LogP) is 2.39. The van der Waals surface area contributed by atoms with Crippen LogP contribution in [0.5, 0.6) is 0 Å². The Kier molecular flexibility index (Phi) is 12.3. The summed E-state index contributed by atoms with van der Waals surface area (Å²) in [5.74, 6) is 1.30. The molecule has 0 aromatic carbocycles. The minimum atomic E-state index is -0.00454. The van der Waals surface area contributed by atoms with E-state index >= 15 is 0 Å². The van der Waals surface area contributed by atoms with E-state index in [1.54, 1.807) is 19.0 Å². The summed E-state index contributed by atoms with van der Waals surface area (Å²) >= 11 is 0. The second-order valence-corrected chi connectivity index (χ2v) is 7.82. The average Bonchev–Trinajstić information content (AvgIpc) is 3.18. The summed E-state index contributed by atoms with van der Waals surface area (Å²) in [5, 5.41) is 6.92. The maximum absolute atomic E-state index is 11.9. The van der Waals surface area contributed by atoms with Gasteiger partial charge >= 0.3 is 0 Å². The Balaban J connectivity index is 0.00000392. The van der Waals surface area contributed by atoms with Gasteiger partial charge in [-0.15, -0.1) is 24.0 Å². The molecule has 0 saturated carbocycles. The van der Waals surface area contributed by atoms with Crippen LogP contribution in [0, 0.1) is 5.92 Å². The van der Waals surface area contributed by atoms with E-state index in [-0.39, 0.29) is 42.5 Å². The molecule has 2 saturated heterocycles. The molecule has 3 atom stereocenters. The highest BCUT2D eigenvalue weighted by Crippen LogP contribution is 2.25. The molecule has 7 nitrogen and oxygen atoms in total. The summed E-state index contributed by atoms with van der Waals surface area (Å²) in [6, 6.07) is 0.314. The number of hydrogen-bond donors (Lipinski definition) is 2. The molecule has 28 heavy (non-hydrogen) atoms. The predicted molar refractivity (Wildman–Crippen MR) is 123 cm³/mol. The lowest BCUT2D eigenvalue weighted by atomic mass is 9.89. The van der Waals surface area contributed by atoms with Gasteiger partial charge in [0.2, 0.25) is 5.91 Å². The molecular weight excluding hydrogens is 471 g/mol. The lowest BCUT2D eigenvalue weighted by molar-refractivity contribution is -0.127. The Hall–Kier alpha value is -0.610. The second kappa shape index (κ2) is 13.6. The number of hydrogen-bond acceptors (Lipinski definition) is 4. The lowest BCUT2D eigenvalue weighted by Crippen LogP contribution is -2.50. The van der Waals surface area contributed by atoms with Crippen LogP contribution in [-0.2, 0) is 14.3 Å². The van der Waals surface area contributed by atoms with Gasteiger partial charge in [-0.25, -0.2) is 4.99 Å². The molecule has 0 aromatic rings. The van der Waals surface area contributed by atoms with Gasteiger partial charge in [-0.2, -0.15) is 0 Å². The number of halogens is 1. The highest BCUT2D eigenvalue weighted by molar-refractivity contribution is 14.0. The molecule has 1 amide bonds. The number of guanidine groups is 1. The molecule has 164 valence electrons. The van der Waals surface area contributed by atoms with E-state index in [1.807, 2.05) is 0 Å². The van der Waals surface area contributed by atoms with Crippen molar-refractivity contribution in [1.29, 1.82) is 0 Å². The topological polar surface area (TPSA) is 75.2 Å². The molecule has 3 unspecified atom stereocenters. The first-order chi connectivity index (χ1) is 13.0. The molecule has 2 fully saturated rings. The number of likely N-dealkylation sites (N-methyl/N-ethyl adjacent to an activating group) is 1. The highest BCUT2D eigenvalue weighted by atomic mass is 127. The number of amides is 1. The van der Waals surface area contributed by atoms with Gasteiger partial charge in [-0.05, 0) is 31.6 Å². The summed E-state index contributed by atoms with van der Waals surface area (Å²) < 4.78 is 11.7. The summed E-state index contributed by atoms with van der Waals surface area (Å²) in [7, 11) is 3.51. The van der Waals surface area contributed by atoms with Gasteiger partial charge in [0.25, 0.3) is 0 Å². The van der Waals surface area contributed by atoms with Gasteiger partial charge in [-0.3, -0.25) is 4.79 Å². The van der Waals surface area contributed by atoms with Crippen molar-refractivity contribution in [1.82, 2.24) is 15.5 Å². The Labute approximate surface area is 187 Å². The van der Waals surface area contributed by atoms with Crippen LogP contribution in [0.4, 0.5) is 0 Å². The van der Waals surface area contributed by atoms with Gasteiger partial charge in [-0.1, -0.05) is 26.7 Å². The fourth-order valence-electron chi connectivity index (χ4n) is 3.75. The molecule has 2 rings (SSSR count). The fourth-order valence-corrected chi connectivity index (χ4v) is 3.75. The van der Waals surface area contributed by atoms with Crippen LogP contribution < -0.4 is 10.6 Å². The number of ether oxygens (including phenoxy) is 2. The van der Waals surface area contributed by atoms with E-state index < -0.39 is 0 Å². The third-order valence-corrected chi connectivity index (χ3v) is 5.62. The van der Waals surface area contributed by atoms with Crippen LogP contribution in [0.15, 0.2) is 4.99 Å². The summed E-state index contributed by atoms with van der Waals surface area (Å²) in [6.45, 7) is 6.94. The highest BCUT2D eigenvalue weighted by Gasteiger charge is 2.28. The molecule has 0 aromatic heterocycles. The molecule has 0 bridgehead atoms. The van der Waals surface area contributed by atoms with Crippen molar-refractivity contribution in [3.8, 4) is 0 Å². The molecule has 2 N–H and O–H groups in total. The lowest BCUT2D eigenvalue weighted by Gasteiger charge is -2.35. The van der Waals surface area contributed by atoms with Crippen molar-refractivity contribution >= 4 is 35.8 Å². The zero-order valence-electron chi connectivity index (χ0n) is 17.9. The quantitative estimate of drug-likeness (QED) is 0.298. The van der Waals surface area contributed by atoms with Crippen LogP contribution in [-0.4, -0.2) is 75.4 Å². The molecule has 8 heteroatoms. The number of nitrogens with one attached hydrogen (secondary N) is 2. The van der Waals surface area contributed by atoms with Crippen LogP contribution >= 0.6 is 24.0 Å². The molecule has 0 aliphatic carbocycles. The van der Waals surface area contributed by atoms with Gasteiger partial charge < -0.3 is 25.0 Å². The minimum absolute atomic E-state index is 0. The number of aliphatic imine (C=N–C) groups is 1. The Morgan fingerprint density at radius 1 is 1.18 bits per heavy atom. The third kappa shape index (κ3) is 8.41.